The van der Waals surface area contributed by atoms with Crippen molar-refractivity contribution in [1.82, 2.24) is 4.90 Å². The number of benzene rings is 2. The molecule has 2 aromatic carbocycles. The number of nitrogens with zero attached hydrogens (tertiary/aromatic N) is 1. The average molecular weight is 450 g/mol. The van der Waals surface area contributed by atoms with Gasteiger partial charge in [0.1, 0.15) is 17.3 Å². The molecule has 33 heavy (non-hydrogen) atoms. The zero-order valence-corrected chi connectivity index (χ0v) is 19.2. The number of Topliss-reactive ketones (excluding diaryl/α,β-unsaturated/α-hetero) is 1. The molecule has 1 atom stereocenters. The molecular formula is C27H31NO5. The van der Waals surface area contributed by atoms with Gasteiger partial charge in [-0.15, -0.1) is 0 Å². The molecule has 2 aliphatic rings. The lowest BCUT2D eigenvalue weighted by atomic mass is 9.91. The van der Waals surface area contributed by atoms with Crippen molar-refractivity contribution in [2.45, 2.75) is 64.5 Å². The summed E-state index contributed by atoms with van der Waals surface area (Å²) in [7, 11) is 0. The molecule has 1 heterocycles. The summed E-state index contributed by atoms with van der Waals surface area (Å²) in [6, 6.07) is 11.0. The minimum atomic E-state index is -0.690. The molecule has 1 aliphatic heterocycles. The Labute approximate surface area is 194 Å². The van der Waals surface area contributed by atoms with Crippen LogP contribution >= 0.6 is 0 Å². The van der Waals surface area contributed by atoms with Crippen molar-refractivity contribution >= 4 is 17.4 Å². The van der Waals surface area contributed by atoms with Crippen molar-refractivity contribution in [3.05, 3.63) is 64.7 Å². The van der Waals surface area contributed by atoms with E-state index in [1.807, 2.05) is 13.8 Å². The first-order chi connectivity index (χ1) is 15.9. The fourth-order valence-electron chi connectivity index (χ4n) is 4.90. The van der Waals surface area contributed by atoms with Crippen LogP contribution in [0.25, 0.3) is 5.76 Å². The van der Waals surface area contributed by atoms with Gasteiger partial charge in [0.2, 0.25) is 0 Å². The number of phenols is 1. The largest absolute Gasteiger partial charge is 0.508 e. The van der Waals surface area contributed by atoms with Gasteiger partial charge >= 0.3 is 0 Å². The lowest BCUT2D eigenvalue weighted by Crippen LogP contribution is -2.40. The number of phenolic OH excluding ortho intramolecular Hbond substituents is 1. The van der Waals surface area contributed by atoms with E-state index in [-0.39, 0.29) is 23.1 Å². The minimum absolute atomic E-state index is 0.0501. The number of ether oxygens (including phenoxy) is 1. The van der Waals surface area contributed by atoms with Gasteiger partial charge in [-0.3, -0.25) is 9.59 Å². The number of ketones is 1. The van der Waals surface area contributed by atoms with Crippen LogP contribution in [0.2, 0.25) is 0 Å². The number of carbonyl (C=O) groups is 2. The highest BCUT2D eigenvalue weighted by Gasteiger charge is 2.48. The number of hydrogen-bond acceptors (Lipinski definition) is 5. The number of likely N-dealkylation sites (tertiary alicyclic amines) is 1. The second-order valence-electron chi connectivity index (χ2n) is 8.92. The Morgan fingerprint density at radius 3 is 2.39 bits per heavy atom. The molecule has 0 bridgehead atoms. The molecule has 1 aliphatic carbocycles. The van der Waals surface area contributed by atoms with E-state index < -0.39 is 17.7 Å². The standard InChI is InChI=1S/C27H31NO5/c1-3-15-33-22-14-11-19(16-17(22)2)25(30)23-24(18-9-12-21(29)13-10-18)28(27(32)26(23)31)20-7-5-4-6-8-20/h9-14,16,20,24,29-30H,3-8,15H2,1-2H3/b25-23-. The van der Waals surface area contributed by atoms with Gasteiger partial charge in [-0.25, -0.2) is 0 Å². The molecule has 1 saturated heterocycles. The third kappa shape index (κ3) is 4.47. The molecule has 0 aromatic heterocycles. The molecule has 2 fully saturated rings. The summed E-state index contributed by atoms with van der Waals surface area (Å²) < 4.78 is 5.73. The van der Waals surface area contributed by atoms with Gasteiger partial charge in [0, 0.05) is 11.6 Å². The van der Waals surface area contributed by atoms with E-state index in [0.29, 0.717) is 17.7 Å². The predicted octanol–water partition coefficient (Wildman–Crippen LogP) is 5.24. The van der Waals surface area contributed by atoms with Crippen LogP contribution in [0.3, 0.4) is 0 Å². The molecule has 1 unspecified atom stereocenters. The summed E-state index contributed by atoms with van der Waals surface area (Å²) >= 11 is 0. The van der Waals surface area contributed by atoms with E-state index in [1.54, 1.807) is 47.4 Å². The molecule has 6 heteroatoms. The summed E-state index contributed by atoms with van der Waals surface area (Å²) in [5, 5.41) is 21.1. The zero-order chi connectivity index (χ0) is 23.5. The van der Waals surface area contributed by atoms with Crippen LogP contribution in [0.4, 0.5) is 0 Å². The minimum Gasteiger partial charge on any atom is -0.508 e. The highest BCUT2D eigenvalue weighted by Crippen LogP contribution is 2.43. The van der Waals surface area contributed by atoms with Crippen LogP contribution < -0.4 is 4.74 Å². The van der Waals surface area contributed by atoms with Crippen LogP contribution in [-0.2, 0) is 9.59 Å². The molecule has 174 valence electrons. The summed E-state index contributed by atoms with van der Waals surface area (Å²) in [6.45, 7) is 4.52. The van der Waals surface area contributed by atoms with Crippen LogP contribution in [0.1, 0.15) is 68.2 Å². The van der Waals surface area contributed by atoms with E-state index in [2.05, 4.69) is 0 Å². The second kappa shape index (κ2) is 9.69. The molecular weight excluding hydrogens is 418 g/mol. The van der Waals surface area contributed by atoms with Crippen molar-refractivity contribution in [3.63, 3.8) is 0 Å². The first kappa shape index (κ1) is 22.9. The maximum Gasteiger partial charge on any atom is 0.295 e. The Kier molecular flexibility index (Phi) is 6.72. The molecule has 6 nitrogen and oxygen atoms in total. The number of aromatic hydroxyl groups is 1. The normalized spacial score (nSPS) is 20.9. The monoisotopic (exact) mass is 449 g/mol. The number of aliphatic hydroxyl groups excluding tert-OH is 1. The van der Waals surface area contributed by atoms with Crippen molar-refractivity contribution in [3.8, 4) is 11.5 Å². The molecule has 1 saturated carbocycles. The van der Waals surface area contributed by atoms with E-state index in [0.717, 1.165) is 49.8 Å². The van der Waals surface area contributed by atoms with Gasteiger partial charge in [0.15, 0.2) is 0 Å². The van der Waals surface area contributed by atoms with Gasteiger partial charge in [-0.2, -0.15) is 0 Å². The van der Waals surface area contributed by atoms with Gasteiger partial charge in [0.05, 0.1) is 18.2 Å². The Morgan fingerprint density at radius 2 is 1.76 bits per heavy atom. The predicted molar refractivity (Wildman–Crippen MR) is 126 cm³/mol. The first-order valence-corrected chi connectivity index (χ1v) is 11.7. The van der Waals surface area contributed by atoms with Crippen molar-refractivity contribution in [1.29, 1.82) is 0 Å². The summed E-state index contributed by atoms with van der Waals surface area (Å²) in [5.74, 6) is -0.589. The maximum atomic E-state index is 13.2. The molecule has 2 aromatic rings. The molecule has 0 radical (unpaired) electrons. The second-order valence-corrected chi connectivity index (χ2v) is 8.92. The maximum absolute atomic E-state index is 13.2. The average Bonchev–Trinajstić information content (AvgIpc) is 3.09. The number of hydrogen-bond donors (Lipinski definition) is 2. The highest BCUT2D eigenvalue weighted by atomic mass is 16.5. The Hall–Kier alpha value is -3.28. The first-order valence-electron chi connectivity index (χ1n) is 11.7. The Bertz CT molecular complexity index is 1070. The lowest BCUT2D eigenvalue weighted by Gasteiger charge is -2.35. The van der Waals surface area contributed by atoms with Crippen LogP contribution in [0.15, 0.2) is 48.0 Å². The van der Waals surface area contributed by atoms with Crippen molar-refractivity contribution in [2.24, 2.45) is 0 Å². The van der Waals surface area contributed by atoms with Crippen LogP contribution in [0.5, 0.6) is 11.5 Å². The number of amides is 1. The quantitative estimate of drug-likeness (QED) is 0.358. The number of carbonyl (C=O) groups excluding carboxylic acids is 2. The smallest absolute Gasteiger partial charge is 0.295 e. The van der Waals surface area contributed by atoms with Gasteiger partial charge in [0.25, 0.3) is 11.7 Å². The van der Waals surface area contributed by atoms with Crippen molar-refractivity contribution in [2.75, 3.05) is 6.61 Å². The molecule has 4 rings (SSSR count). The van der Waals surface area contributed by atoms with Gasteiger partial charge < -0.3 is 19.8 Å². The third-order valence-electron chi connectivity index (χ3n) is 6.57. The SMILES string of the molecule is CCCOc1ccc(/C(O)=C2/C(=O)C(=O)N(C3CCCCC3)C2c2ccc(O)cc2)cc1C. The van der Waals surface area contributed by atoms with E-state index >= 15 is 0 Å². The highest BCUT2D eigenvalue weighted by molar-refractivity contribution is 6.46. The Balaban J connectivity index is 1.80. The van der Waals surface area contributed by atoms with E-state index in [1.165, 1.54) is 0 Å². The topological polar surface area (TPSA) is 87.1 Å². The fourth-order valence-corrected chi connectivity index (χ4v) is 4.90. The summed E-state index contributed by atoms with van der Waals surface area (Å²) in [5.41, 5.74) is 2.11. The molecule has 1 amide bonds. The lowest BCUT2D eigenvalue weighted by molar-refractivity contribution is -0.141. The Morgan fingerprint density at radius 1 is 1.06 bits per heavy atom. The fraction of sp³-hybridized carbons (Fsp3) is 0.407. The van der Waals surface area contributed by atoms with Crippen LogP contribution in [0, 0.1) is 6.92 Å². The summed E-state index contributed by atoms with van der Waals surface area (Å²) in [4.78, 5) is 28.1. The zero-order valence-electron chi connectivity index (χ0n) is 19.2. The molecule has 0 spiro atoms. The number of rotatable bonds is 6. The van der Waals surface area contributed by atoms with Gasteiger partial charge in [-0.05, 0) is 67.6 Å². The van der Waals surface area contributed by atoms with Crippen molar-refractivity contribution < 1.29 is 24.5 Å². The van der Waals surface area contributed by atoms with E-state index in [9.17, 15) is 19.8 Å². The third-order valence-corrected chi connectivity index (χ3v) is 6.57. The number of aliphatic hydroxyl groups is 1. The summed E-state index contributed by atoms with van der Waals surface area (Å²) in [6.07, 6.45) is 5.70. The molecule has 2 N–H and O–H groups in total. The van der Waals surface area contributed by atoms with E-state index in [4.69, 9.17) is 4.74 Å². The number of aryl methyl sites for hydroxylation is 1. The van der Waals surface area contributed by atoms with Crippen LogP contribution in [-0.4, -0.2) is 39.5 Å². The van der Waals surface area contributed by atoms with Gasteiger partial charge in [-0.1, -0.05) is 38.3 Å².